The van der Waals surface area contributed by atoms with Crippen LogP contribution in [0.15, 0.2) is 53.7 Å². The second kappa shape index (κ2) is 7.31. The molecule has 2 aromatic carbocycles. The monoisotopic (exact) mass is 350 g/mol. The lowest BCUT2D eigenvalue weighted by Crippen LogP contribution is -2.24. The van der Waals surface area contributed by atoms with E-state index in [1.54, 1.807) is 36.5 Å². The van der Waals surface area contributed by atoms with Gasteiger partial charge in [0.15, 0.2) is 5.96 Å². The van der Waals surface area contributed by atoms with E-state index in [4.69, 9.17) is 11.5 Å². The minimum Gasteiger partial charge on any atom is -0.370 e. The number of halogens is 1. The first-order valence-electron chi connectivity index (χ1n) is 8.31. The van der Waals surface area contributed by atoms with Gasteiger partial charge in [-0.2, -0.15) is 4.99 Å². The van der Waals surface area contributed by atoms with Crippen molar-refractivity contribution in [3.8, 4) is 11.3 Å². The van der Waals surface area contributed by atoms with Crippen molar-refractivity contribution in [2.75, 3.05) is 0 Å². The number of pyridine rings is 1. The van der Waals surface area contributed by atoms with E-state index in [0.717, 1.165) is 23.8 Å². The number of benzene rings is 2. The van der Waals surface area contributed by atoms with Gasteiger partial charge in [0, 0.05) is 22.7 Å². The Kier molecular flexibility index (Phi) is 4.93. The summed E-state index contributed by atoms with van der Waals surface area (Å²) < 4.78 is 14.7. The SMILES string of the molecule is CCCc1ccc(-c2nccc3ccc(C(=O)N=C(N)N)cc23)c(F)c1. The zero-order chi connectivity index (χ0) is 18.7. The molecule has 0 saturated heterocycles. The van der Waals surface area contributed by atoms with E-state index in [0.29, 0.717) is 22.2 Å². The number of hydrogen-bond acceptors (Lipinski definition) is 2. The van der Waals surface area contributed by atoms with Crippen LogP contribution in [0, 0.1) is 5.82 Å². The van der Waals surface area contributed by atoms with Crippen molar-refractivity contribution in [1.82, 2.24) is 4.98 Å². The average molecular weight is 350 g/mol. The number of aryl methyl sites for hydroxylation is 1. The Labute approximate surface area is 150 Å². The molecule has 4 N–H and O–H groups in total. The number of carbonyl (C=O) groups excluding carboxylic acids is 1. The third-order valence-corrected chi connectivity index (χ3v) is 4.07. The molecule has 0 aliphatic heterocycles. The minimum atomic E-state index is -0.555. The number of amides is 1. The Balaban J connectivity index is 2.14. The van der Waals surface area contributed by atoms with Gasteiger partial charge in [-0.15, -0.1) is 0 Å². The van der Waals surface area contributed by atoms with Crippen molar-refractivity contribution in [1.29, 1.82) is 0 Å². The number of aliphatic imine (C=N–C) groups is 1. The van der Waals surface area contributed by atoms with Crippen molar-refractivity contribution >= 4 is 22.6 Å². The molecule has 0 atom stereocenters. The third kappa shape index (κ3) is 3.54. The summed E-state index contributed by atoms with van der Waals surface area (Å²) in [5, 5.41) is 1.50. The van der Waals surface area contributed by atoms with Crippen LogP contribution in [0.4, 0.5) is 4.39 Å². The minimum absolute atomic E-state index is 0.306. The number of fused-ring (bicyclic) bond motifs is 1. The molecule has 0 radical (unpaired) electrons. The summed E-state index contributed by atoms with van der Waals surface area (Å²) in [6.07, 6.45) is 3.38. The van der Waals surface area contributed by atoms with Crippen molar-refractivity contribution in [3.05, 3.63) is 65.6 Å². The van der Waals surface area contributed by atoms with Gasteiger partial charge in [-0.3, -0.25) is 9.78 Å². The summed E-state index contributed by atoms with van der Waals surface area (Å²) in [5.74, 6) is -1.20. The van der Waals surface area contributed by atoms with Gasteiger partial charge < -0.3 is 11.5 Å². The van der Waals surface area contributed by atoms with E-state index < -0.39 is 5.91 Å². The fourth-order valence-corrected chi connectivity index (χ4v) is 2.89. The molecule has 0 fully saturated rings. The lowest BCUT2D eigenvalue weighted by Gasteiger charge is -2.09. The predicted molar refractivity (Wildman–Crippen MR) is 101 cm³/mol. The van der Waals surface area contributed by atoms with E-state index in [1.807, 2.05) is 13.0 Å². The zero-order valence-corrected chi connectivity index (χ0v) is 14.4. The van der Waals surface area contributed by atoms with Crippen molar-refractivity contribution < 1.29 is 9.18 Å². The molecule has 6 heteroatoms. The molecule has 26 heavy (non-hydrogen) atoms. The normalized spacial score (nSPS) is 10.7. The molecule has 0 unspecified atom stereocenters. The Morgan fingerprint density at radius 3 is 2.65 bits per heavy atom. The highest BCUT2D eigenvalue weighted by Gasteiger charge is 2.13. The van der Waals surface area contributed by atoms with Crippen molar-refractivity contribution in [2.45, 2.75) is 19.8 Å². The molecule has 3 rings (SSSR count). The Bertz CT molecular complexity index is 1010. The number of hydrogen-bond donors (Lipinski definition) is 2. The third-order valence-electron chi connectivity index (χ3n) is 4.07. The van der Waals surface area contributed by atoms with Crippen LogP contribution in [0.25, 0.3) is 22.0 Å². The fourth-order valence-electron chi connectivity index (χ4n) is 2.89. The van der Waals surface area contributed by atoms with E-state index >= 15 is 0 Å². The van der Waals surface area contributed by atoms with Crippen LogP contribution >= 0.6 is 0 Å². The van der Waals surface area contributed by atoms with E-state index in [2.05, 4.69) is 9.98 Å². The van der Waals surface area contributed by atoms with Gasteiger partial charge in [-0.05, 0) is 47.7 Å². The van der Waals surface area contributed by atoms with Crippen LogP contribution in [-0.4, -0.2) is 16.9 Å². The lowest BCUT2D eigenvalue weighted by molar-refractivity contribution is 0.100. The number of rotatable bonds is 4. The lowest BCUT2D eigenvalue weighted by atomic mass is 9.99. The van der Waals surface area contributed by atoms with Gasteiger partial charge in [0.05, 0.1) is 5.69 Å². The molecule has 0 aliphatic rings. The highest BCUT2D eigenvalue weighted by atomic mass is 19.1. The van der Waals surface area contributed by atoms with Gasteiger partial charge in [0.2, 0.25) is 0 Å². The molecule has 0 bridgehead atoms. The van der Waals surface area contributed by atoms with Crippen LogP contribution in [0.1, 0.15) is 29.3 Å². The number of nitrogens with two attached hydrogens (primary N) is 2. The summed E-state index contributed by atoms with van der Waals surface area (Å²) >= 11 is 0. The number of carbonyl (C=O) groups is 1. The number of nitrogens with zero attached hydrogens (tertiary/aromatic N) is 2. The second-order valence-corrected chi connectivity index (χ2v) is 6.00. The van der Waals surface area contributed by atoms with Crippen molar-refractivity contribution in [3.63, 3.8) is 0 Å². The Morgan fingerprint density at radius 2 is 1.96 bits per heavy atom. The molecule has 132 valence electrons. The highest BCUT2D eigenvalue weighted by molar-refractivity contribution is 6.05. The topological polar surface area (TPSA) is 94.4 Å². The molecule has 3 aromatic rings. The van der Waals surface area contributed by atoms with Gasteiger partial charge in [0.1, 0.15) is 5.82 Å². The number of guanidine groups is 1. The summed E-state index contributed by atoms with van der Waals surface area (Å²) in [5.41, 5.74) is 12.7. The second-order valence-electron chi connectivity index (χ2n) is 6.00. The van der Waals surface area contributed by atoms with Gasteiger partial charge >= 0.3 is 0 Å². The first-order valence-corrected chi connectivity index (χ1v) is 8.31. The summed E-state index contributed by atoms with van der Waals surface area (Å²) in [7, 11) is 0. The van der Waals surface area contributed by atoms with Crippen LogP contribution in [-0.2, 0) is 6.42 Å². The maximum absolute atomic E-state index is 14.7. The summed E-state index contributed by atoms with van der Waals surface area (Å²) in [4.78, 5) is 20.0. The zero-order valence-electron chi connectivity index (χ0n) is 14.4. The standard InChI is InChI=1S/C20H19FN4O/c1-2-3-12-4-7-15(17(21)10-12)18-16-11-14(19(26)25-20(22)23)6-5-13(16)8-9-24-18/h4-11H,2-3H2,1H3,(H4,22,23,25,26). The van der Waals surface area contributed by atoms with E-state index in [9.17, 15) is 9.18 Å². The van der Waals surface area contributed by atoms with Crippen LogP contribution in [0.3, 0.4) is 0 Å². The van der Waals surface area contributed by atoms with E-state index in [-0.39, 0.29) is 11.8 Å². The summed E-state index contributed by atoms with van der Waals surface area (Å²) in [6, 6.07) is 12.0. The fraction of sp³-hybridized carbons (Fsp3) is 0.150. The van der Waals surface area contributed by atoms with Crippen LogP contribution < -0.4 is 11.5 Å². The summed E-state index contributed by atoms with van der Waals surface area (Å²) in [6.45, 7) is 2.05. The molecule has 0 saturated carbocycles. The molecule has 5 nitrogen and oxygen atoms in total. The van der Waals surface area contributed by atoms with Crippen molar-refractivity contribution in [2.24, 2.45) is 16.5 Å². The molecule has 0 spiro atoms. The average Bonchev–Trinajstić information content (AvgIpc) is 2.61. The predicted octanol–water partition coefficient (Wildman–Crippen LogP) is 3.41. The molecule has 1 heterocycles. The van der Waals surface area contributed by atoms with Crippen LogP contribution in [0.5, 0.6) is 0 Å². The van der Waals surface area contributed by atoms with Gasteiger partial charge in [0.25, 0.3) is 5.91 Å². The molecule has 0 aliphatic carbocycles. The largest absolute Gasteiger partial charge is 0.370 e. The maximum Gasteiger partial charge on any atom is 0.280 e. The quantitative estimate of drug-likeness (QED) is 0.557. The first kappa shape index (κ1) is 17.5. The highest BCUT2D eigenvalue weighted by Crippen LogP contribution is 2.30. The Hall–Kier alpha value is -3.28. The first-order chi connectivity index (χ1) is 12.5. The smallest absolute Gasteiger partial charge is 0.280 e. The number of aromatic nitrogens is 1. The molecule has 1 amide bonds. The van der Waals surface area contributed by atoms with E-state index in [1.165, 1.54) is 6.07 Å². The molecule has 1 aromatic heterocycles. The Morgan fingerprint density at radius 1 is 1.15 bits per heavy atom. The van der Waals surface area contributed by atoms with Gasteiger partial charge in [-0.1, -0.05) is 25.5 Å². The van der Waals surface area contributed by atoms with Gasteiger partial charge in [-0.25, -0.2) is 4.39 Å². The van der Waals surface area contributed by atoms with Crippen LogP contribution in [0.2, 0.25) is 0 Å². The molecular weight excluding hydrogens is 331 g/mol. The molecular formula is C20H19FN4O. The maximum atomic E-state index is 14.7.